The first-order chi connectivity index (χ1) is 9.60. The van der Waals surface area contributed by atoms with Gasteiger partial charge < -0.3 is 0 Å². The summed E-state index contributed by atoms with van der Waals surface area (Å²) in [5, 5.41) is 0. The van der Waals surface area contributed by atoms with Crippen molar-refractivity contribution in [3.63, 3.8) is 0 Å². The van der Waals surface area contributed by atoms with Crippen LogP contribution in [0.4, 0.5) is 8.78 Å². The Morgan fingerprint density at radius 1 is 1.20 bits per heavy atom. The summed E-state index contributed by atoms with van der Waals surface area (Å²) < 4.78 is 26.4. The fourth-order valence-corrected chi connectivity index (χ4v) is 2.88. The highest BCUT2D eigenvalue weighted by molar-refractivity contribution is 7.99. The van der Waals surface area contributed by atoms with Gasteiger partial charge >= 0.3 is 0 Å². The van der Waals surface area contributed by atoms with Crippen LogP contribution in [-0.4, -0.2) is 5.75 Å². The molecule has 0 aromatic heterocycles. The largest absolute Gasteiger partial charge is 0.271 e. The summed E-state index contributed by atoms with van der Waals surface area (Å²) >= 11 is 1.50. The second kappa shape index (κ2) is 6.83. The van der Waals surface area contributed by atoms with Gasteiger partial charge in [0, 0.05) is 10.6 Å². The van der Waals surface area contributed by atoms with Crippen LogP contribution >= 0.6 is 11.8 Å². The molecule has 106 valence electrons. The second-order valence-corrected chi connectivity index (χ2v) is 5.59. The lowest BCUT2D eigenvalue weighted by atomic mass is 10.1. The Bertz CT molecular complexity index is 590. The normalized spacial score (nSPS) is 12.4. The molecule has 1 atom stereocenters. The van der Waals surface area contributed by atoms with Gasteiger partial charge in [0.1, 0.15) is 11.6 Å². The minimum atomic E-state index is -0.259. The average Bonchev–Trinajstić information content (AvgIpc) is 2.43. The highest BCUT2D eigenvalue weighted by Crippen LogP contribution is 2.25. The van der Waals surface area contributed by atoms with Gasteiger partial charge in [-0.15, -0.1) is 11.8 Å². The maximum atomic E-state index is 13.3. The third-order valence-corrected chi connectivity index (χ3v) is 4.09. The molecule has 0 heterocycles. The van der Waals surface area contributed by atoms with Crippen LogP contribution in [0.15, 0.2) is 47.4 Å². The Kier molecular flexibility index (Phi) is 5.11. The van der Waals surface area contributed by atoms with Crippen molar-refractivity contribution in [2.75, 3.05) is 5.75 Å². The summed E-state index contributed by atoms with van der Waals surface area (Å²) in [7, 11) is 0. The molecular weight excluding hydrogens is 278 g/mol. The molecule has 0 aliphatic rings. The van der Waals surface area contributed by atoms with Crippen molar-refractivity contribution < 1.29 is 8.78 Å². The van der Waals surface area contributed by atoms with Crippen LogP contribution < -0.4 is 11.3 Å². The zero-order chi connectivity index (χ0) is 14.5. The number of hydrogen-bond acceptors (Lipinski definition) is 3. The third kappa shape index (κ3) is 3.79. The topological polar surface area (TPSA) is 38.0 Å². The summed E-state index contributed by atoms with van der Waals surface area (Å²) in [6.07, 6.45) is 0. The Hall–Kier alpha value is -1.43. The van der Waals surface area contributed by atoms with E-state index in [0.29, 0.717) is 11.3 Å². The van der Waals surface area contributed by atoms with Crippen LogP contribution in [0.2, 0.25) is 0 Å². The maximum Gasteiger partial charge on any atom is 0.126 e. The van der Waals surface area contributed by atoms with Crippen LogP contribution in [0.5, 0.6) is 0 Å². The Morgan fingerprint density at radius 2 is 2.00 bits per heavy atom. The van der Waals surface area contributed by atoms with E-state index in [1.807, 2.05) is 6.07 Å². The molecule has 2 nitrogen and oxygen atoms in total. The first kappa shape index (κ1) is 15.0. The van der Waals surface area contributed by atoms with Gasteiger partial charge in [0.25, 0.3) is 0 Å². The molecule has 2 aromatic rings. The molecule has 0 spiro atoms. The van der Waals surface area contributed by atoms with Gasteiger partial charge in [-0.2, -0.15) is 0 Å². The number of nitrogens with two attached hydrogens (primary N) is 1. The van der Waals surface area contributed by atoms with Crippen LogP contribution in [-0.2, 0) is 0 Å². The summed E-state index contributed by atoms with van der Waals surface area (Å²) in [5.74, 6) is 5.69. The van der Waals surface area contributed by atoms with Crippen LogP contribution in [0.25, 0.3) is 0 Å². The van der Waals surface area contributed by atoms with Gasteiger partial charge in [-0.1, -0.05) is 18.2 Å². The fourth-order valence-electron chi connectivity index (χ4n) is 1.86. The average molecular weight is 294 g/mol. The number of rotatable bonds is 5. The van der Waals surface area contributed by atoms with Crippen molar-refractivity contribution >= 4 is 11.8 Å². The quantitative estimate of drug-likeness (QED) is 0.503. The van der Waals surface area contributed by atoms with E-state index < -0.39 is 0 Å². The van der Waals surface area contributed by atoms with E-state index in [1.165, 1.54) is 30.0 Å². The van der Waals surface area contributed by atoms with Crippen molar-refractivity contribution in [3.05, 3.63) is 65.2 Å². The number of benzene rings is 2. The molecule has 20 heavy (non-hydrogen) atoms. The van der Waals surface area contributed by atoms with E-state index in [0.717, 1.165) is 10.5 Å². The number of thioether (sulfide) groups is 1. The van der Waals surface area contributed by atoms with Crippen molar-refractivity contribution in [3.8, 4) is 0 Å². The number of halogens is 2. The lowest BCUT2D eigenvalue weighted by Crippen LogP contribution is -2.29. The van der Waals surface area contributed by atoms with E-state index in [-0.39, 0.29) is 17.7 Å². The zero-order valence-electron chi connectivity index (χ0n) is 11.1. The van der Waals surface area contributed by atoms with Crippen molar-refractivity contribution in [1.82, 2.24) is 5.43 Å². The molecule has 2 rings (SSSR count). The molecule has 0 saturated heterocycles. The molecule has 5 heteroatoms. The van der Waals surface area contributed by atoms with Crippen molar-refractivity contribution in [2.45, 2.75) is 17.9 Å². The Balaban J connectivity index is 2.07. The molecule has 0 radical (unpaired) electrons. The van der Waals surface area contributed by atoms with Gasteiger partial charge in [-0.3, -0.25) is 11.3 Å². The van der Waals surface area contributed by atoms with E-state index in [1.54, 1.807) is 25.1 Å². The molecular formula is C15H16F2N2S. The highest BCUT2D eigenvalue weighted by Gasteiger charge is 2.12. The number of aryl methyl sites for hydroxylation is 1. The molecule has 0 aliphatic carbocycles. The minimum Gasteiger partial charge on any atom is -0.271 e. The molecule has 0 amide bonds. The molecule has 3 N–H and O–H groups in total. The maximum absolute atomic E-state index is 13.3. The first-order valence-electron chi connectivity index (χ1n) is 6.20. The molecule has 0 bridgehead atoms. The molecule has 0 saturated carbocycles. The van der Waals surface area contributed by atoms with Gasteiger partial charge in [0.05, 0.1) is 6.04 Å². The van der Waals surface area contributed by atoms with Gasteiger partial charge in [0.2, 0.25) is 0 Å². The van der Waals surface area contributed by atoms with E-state index in [9.17, 15) is 8.78 Å². The van der Waals surface area contributed by atoms with Gasteiger partial charge in [-0.25, -0.2) is 8.78 Å². The van der Waals surface area contributed by atoms with Crippen molar-refractivity contribution in [2.24, 2.45) is 5.84 Å². The molecule has 0 aliphatic heterocycles. The summed E-state index contributed by atoms with van der Waals surface area (Å²) in [6, 6.07) is 11.2. The molecule has 2 aromatic carbocycles. The van der Waals surface area contributed by atoms with E-state index in [4.69, 9.17) is 5.84 Å². The number of hydrogen-bond donors (Lipinski definition) is 2. The second-order valence-electron chi connectivity index (χ2n) is 4.50. The Labute approximate surface area is 121 Å². The Morgan fingerprint density at radius 3 is 2.65 bits per heavy atom. The lowest BCUT2D eigenvalue weighted by molar-refractivity contribution is 0.596. The summed E-state index contributed by atoms with van der Waals surface area (Å²) in [5.41, 5.74) is 4.21. The predicted molar refractivity (Wildman–Crippen MR) is 78.3 cm³/mol. The third-order valence-electron chi connectivity index (χ3n) is 3.00. The van der Waals surface area contributed by atoms with Gasteiger partial charge in [-0.05, 0) is 42.3 Å². The van der Waals surface area contributed by atoms with E-state index >= 15 is 0 Å². The molecule has 1 unspecified atom stereocenters. The first-order valence-corrected chi connectivity index (χ1v) is 7.19. The fraction of sp³-hybridized carbons (Fsp3) is 0.200. The summed E-state index contributed by atoms with van der Waals surface area (Å²) in [6.45, 7) is 1.71. The van der Waals surface area contributed by atoms with Crippen LogP contribution in [0.3, 0.4) is 0 Å². The zero-order valence-corrected chi connectivity index (χ0v) is 11.9. The van der Waals surface area contributed by atoms with Crippen LogP contribution in [0.1, 0.15) is 17.2 Å². The monoisotopic (exact) mass is 294 g/mol. The lowest BCUT2D eigenvalue weighted by Gasteiger charge is -2.16. The number of nitrogens with one attached hydrogen (secondary N) is 1. The van der Waals surface area contributed by atoms with E-state index in [2.05, 4.69) is 5.43 Å². The summed E-state index contributed by atoms with van der Waals surface area (Å²) in [4.78, 5) is 0.837. The minimum absolute atomic E-state index is 0.123. The van der Waals surface area contributed by atoms with Crippen molar-refractivity contribution in [1.29, 1.82) is 0 Å². The number of hydrazine groups is 1. The SMILES string of the molecule is Cc1cc(C(CSc2cccc(F)c2)NN)ccc1F. The smallest absolute Gasteiger partial charge is 0.126 e. The molecule has 0 fully saturated rings. The van der Waals surface area contributed by atoms with Crippen LogP contribution in [0, 0.1) is 18.6 Å². The standard InChI is InChI=1S/C15H16F2N2S/c1-10-7-11(5-6-14(10)17)15(19-18)9-20-13-4-2-3-12(16)8-13/h2-8,15,19H,9,18H2,1H3. The van der Waals surface area contributed by atoms with Gasteiger partial charge in [0.15, 0.2) is 0 Å². The highest BCUT2D eigenvalue weighted by atomic mass is 32.2. The predicted octanol–water partition coefficient (Wildman–Crippen LogP) is 3.57.